The molecule has 0 aliphatic carbocycles. The van der Waals surface area contributed by atoms with E-state index in [2.05, 4.69) is 13.0 Å². The fourth-order valence-corrected chi connectivity index (χ4v) is 2.58. The Morgan fingerprint density at radius 2 is 2.21 bits per heavy atom. The normalized spacial score (nSPS) is 10.5. The Kier molecular flexibility index (Phi) is 5.38. The standard InChI is InChI=1S/C11H16ClNS/c1-2-8-14-11-5-3-4-10(12)9(11)6-7-13/h3-5H,2,6-8,13H2,1H3. The highest BCUT2D eigenvalue weighted by Gasteiger charge is 2.05. The van der Waals surface area contributed by atoms with Crippen LogP contribution in [-0.4, -0.2) is 12.3 Å². The molecule has 0 radical (unpaired) electrons. The Morgan fingerprint density at radius 3 is 2.86 bits per heavy atom. The average molecular weight is 230 g/mol. The molecule has 0 spiro atoms. The highest BCUT2D eigenvalue weighted by molar-refractivity contribution is 7.99. The van der Waals surface area contributed by atoms with Gasteiger partial charge in [-0.2, -0.15) is 0 Å². The number of hydrogen-bond donors (Lipinski definition) is 1. The van der Waals surface area contributed by atoms with Gasteiger partial charge in [-0.05, 0) is 42.8 Å². The minimum Gasteiger partial charge on any atom is -0.330 e. The van der Waals surface area contributed by atoms with E-state index in [1.54, 1.807) is 0 Å². The minimum atomic E-state index is 0.656. The van der Waals surface area contributed by atoms with E-state index in [1.165, 1.54) is 16.9 Å². The molecule has 0 saturated carbocycles. The zero-order valence-corrected chi connectivity index (χ0v) is 10.00. The maximum absolute atomic E-state index is 6.12. The van der Waals surface area contributed by atoms with Crippen molar-refractivity contribution >= 4 is 23.4 Å². The molecule has 0 saturated heterocycles. The van der Waals surface area contributed by atoms with Crippen molar-refractivity contribution in [1.29, 1.82) is 0 Å². The van der Waals surface area contributed by atoms with Gasteiger partial charge in [0.25, 0.3) is 0 Å². The van der Waals surface area contributed by atoms with E-state index in [4.69, 9.17) is 17.3 Å². The van der Waals surface area contributed by atoms with E-state index < -0.39 is 0 Å². The Bertz CT molecular complexity index is 289. The van der Waals surface area contributed by atoms with Crippen molar-refractivity contribution in [3.8, 4) is 0 Å². The Hall–Kier alpha value is -0.180. The number of hydrogen-bond acceptors (Lipinski definition) is 2. The van der Waals surface area contributed by atoms with Gasteiger partial charge in [0.15, 0.2) is 0 Å². The average Bonchev–Trinajstić information content (AvgIpc) is 2.19. The summed E-state index contributed by atoms with van der Waals surface area (Å²) in [6.07, 6.45) is 2.05. The van der Waals surface area contributed by atoms with Crippen LogP contribution in [0.25, 0.3) is 0 Å². The van der Waals surface area contributed by atoms with Crippen LogP contribution in [0.1, 0.15) is 18.9 Å². The molecule has 0 aliphatic heterocycles. The highest BCUT2D eigenvalue weighted by Crippen LogP contribution is 2.29. The number of halogens is 1. The van der Waals surface area contributed by atoms with Gasteiger partial charge in [-0.25, -0.2) is 0 Å². The Morgan fingerprint density at radius 1 is 1.43 bits per heavy atom. The maximum atomic E-state index is 6.12. The van der Waals surface area contributed by atoms with E-state index in [0.717, 1.165) is 17.2 Å². The first-order valence-electron chi connectivity index (χ1n) is 4.89. The lowest BCUT2D eigenvalue weighted by molar-refractivity contribution is 0.944. The molecule has 1 aromatic carbocycles. The Balaban J connectivity index is 2.83. The van der Waals surface area contributed by atoms with Crippen LogP contribution in [0.15, 0.2) is 23.1 Å². The SMILES string of the molecule is CCCSc1cccc(Cl)c1CCN. The zero-order chi connectivity index (χ0) is 10.4. The first kappa shape index (κ1) is 11.9. The van der Waals surface area contributed by atoms with Crippen molar-refractivity contribution < 1.29 is 0 Å². The van der Waals surface area contributed by atoms with Crippen LogP contribution >= 0.6 is 23.4 Å². The predicted octanol–water partition coefficient (Wildman–Crippen LogP) is 3.34. The van der Waals surface area contributed by atoms with Crippen LogP contribution in [0, 0.1) is 0 Å². The second kappa shape index (κ2) is 6.33. The molecule has 78 valence electrons. The van der Waals surface area contributed by atoms with Crippen LogP contribution in [0.4, 0.5) is 0 Å². The fraction of sp³-hybridized carbons (Fsp3) is 0.455. The molecule has 0 amide bonds. The molecule has 0 bridgehead atoms. The first-order valence-corrected chi connectivity index (χ1v) is 6.26. The summed E-state index contributed by atoms with van der Waals surface area (Å²) in [7, 11) is 0. The zero-order valence-electron chi connectivity index (χ0n) is 8.42. The molecule has 14 heavy (non-hydrogen) atoms. The summed E-state index contributed by atoms with van der Waals surface area (Å²) in [5.74, 6) is 1.14. The molecule has 0 heterocycles. The van der Waals surface area contributed by atoms with Gasteiger partial charge in [0, 0.05) is 9.92 Å². The van der Waals surface area contributed by atoms with Crippen LogP contribution in [0.5, 0.6) is 0 Å². The van der Waals surface area contributed by atoms with E-state index in [9.17, 15) is 0 Å². The van der Waals surface area contributed by atoms with Crippen LogP contribution in [0.2, 0.25) is 5.02 Å². The van der Waals surface area contributed by atoms with E-state index in [-0.39, 0.29) is 0 Å². The second-order valence-corrected chi connectivity index (χ2v) is 4.65. The largest absolute Gasteiger partial charge is 0.330 e. The molecule has 0 aromatic heterocycles. The summed E-state index contributed by atoms with van der Waals surface area (Å²) in [5.41, 5.74) is 6.76. The summed E-state index contributed by atoms with van der Waals surface area (Å²) < 4.78 is 0. The van der Waals surface area contributed by atoms with Gasteiger partial charge in [-0.15, -0.1) is 11.8 Å². The van der Waals surface area contributed by atoms with E-state index >= 15 is 0 Å². The molecular formula is C11H16ClNS. The molecule has 3 heteroatoms. The molecule has 2 N–H and O–H groups in total. The summed E-state index contributed by atoms with van der Waals surface area (Å²) in [6.45, 7) is 2.84. The topological polar surface area (TPSA) is 26.0 Å². The fourth-order valence-electron chi connectivity index (χ4n) is 1.27. The Labute approximate surface area is 95.0 Å². The van der Waals surface area contributed by atoms with Crippen molar-refractivity contribution in [2.45, 2.75) is 24.7 Å². The third-order valence-electron chi connectivity index (χ3n) is 1.93. The first-order chi connectivity index (χ1) is 6.79. The lowest BCUT2D eigenvalue weighted by Crippen LogP contribution is -2.04. The van der Waals surface area contributed by atoms with Crippen molar-refractivity contribution in [1.82, 2.24) is 0 Å². The number of benzene rings is 1. The van der Waals surface area contributed by atoms with Gasteiger partial charge in [0.2, 0.25) is 0 Å². The summed E-state index contributed by atoms with van der Waals surface area (Å²) >= 11 is 7.98. The quantitative estimate of drug-likeness (QED) is 0.784. The smallest absolute Gasteiger partial charge is 0.0449 e. The molecular weight excluding hydrogens is 214 g/mol. The van der Waals surface area contributed by atoms with Crippen LogP contribution < -0.4 is 5.73 Å². The third kappa shape index (κ3) is 3.19. The molecule has 0 atom stereocenters. The van der Waals surface area contributed by atoms with Gasteiger partial charge in [0.1, 0.15) is 0 Å². The van der Waals surface area contributed by atoms with Gasteiger partial charge < -0.3 is 5.73 Å². The van der Waals surface area contributed by atoms with E-state index in [1.807, 2.05) is 23.9 Å². The van der Waals surface area contributed by atoms with Gasteiger partial charge >= 0.3 is 0 Å². The molecule has 1 aromatic rings. The van der Waals surface area contributed by atoms with Gasteiger partial charge in [-0.1, -0.05) is 24.6 Å². The minimum absolute atomic E-state index is 0.656. The van der Waals surface area contributed by atoms with E-state index in [0.29, 0.717) is 6.54 Å². The maximum Gasteiger partial charge on any atom is 0.0449 e. The van der Waals surface area contributed by atoms with Crippen LogP contribution in [-0.2, 0) is 6.42 Å². The predicted molar refractivity (Wildman–Crippen MR) is 65.2 cm³/mol. The van der Waals surface area contributed by atoms with Gasteiger partial charge in [0.05, 0.1) is 0 Å². The van der Waals surface area contributed by atoms with Crippen molar-refractivity contribution in [3.63, 3.8) is 0 Å². The second-order valence-electron chi connectivity index (χ2n) is 3.10. The van der Waals surface area contributed by atoms with Crippen molar-refractivity contribution in [3.05, 3.63) is 28.8 Å². The molecule has 1 rings (SSSR count). The lowest BCUT2D eigenvalue weighted by Gasteiger charge is -2.09. The van der Waals surface area contributed by atoms with Gasteiger partial charge in [-0.3, -0.25) is 0 Å². The van der Waals surface area contributed by atoms with Crippen molar-refractivity contribution in [2.75, 3.05) is 12.3 Å². The third-order valence-corrected chi connectivity index (χ3v) is 3.59. The summed E-state index contributed by atoms with van der Waals surface area (Å²) in [4.78, 5) is 1.28. The molecule has 0 unspecified atom stereocenters. The summed E-state index contributed by atoms with van der Waals surface area (Å²) in [6, 6.07) is 6.06. The monoisotopic (exact) mass is 229 g/mol. The number of thioether (sulfide) groups is 1. The number of rotatable bonds is 5. The van der Waals surface area contributed by atoms with Crippen molar-refractivity contribution in [2.24, 2.45) is 5.73 Å². The lowest BCUT2D eigenvalue weighted by atomic mass is 10.1. The highest BCUT2D eigenvalue weighted by atomic mass is 35.5. The molecule has 0 aliphatic rings. The number of nitrogens with two attached hydrogens (primary N) is 1. The molecule has 1 nitrogen and oxygen atoms in total. The summed E-state index contributed by atoms with van der Waals surface area (Å²) in [5, 5.41) is 0.844. The molecule has 0 fully saturated rings. The van der Waals surface area contributed by atoms with Crippen LogP contribution in [0.3, 0.4) is 0 Å².